The van der Waals surface area contributed by atoms with Crippen LogP contribution in [0.15, 0.2) is 24.3 Å². The molecule has 0 bridgehead atoms. The number of rotatable bonds is 19. The minimum Gasteiger partial charge on any atom is -0.356 e. The second-order valence-corrected chi connectivity index (χ2v) is 6.62. The Balaban J connectivity index is 0. The average molecular weight is 385 g/mol. The number of unbranched alkanes of at least 4 members (excludes halogenated alkanes) is 9. The van der Waals surface area contributed by atoms with Crippen molar-refractivity contribution in [3.8, 4) is 0 Å². The summed E-state index contributed by atoms with van der Waals surface area (Å²) in [6, 6.07) is 0. The molecule has 0 amide bonds. The van der Waals surface area contributed by atoms with Crippen molar-refractivity contribution >= 4 is 0 Å². The van der Waals surface area contributed by atoms with Crippen LogP contribution in [0.1, 0.15) is 105 Å². The molecule has 0 aromatic rings. The van der Waals surface area contributed by atoms with E-state index in [9.17, 15) is 0 Å². The van der Waals surface area contributed by atoms with Gasteiger partial charge in [0.15, 0.2) is 0 Å². The van der Waals surface area contributed by atoms with Crippen LogP contribution >= 0.6 is 0 Å². The summed E-state index contributed by atoms with van der Waals surface area (Å²) in [4.78, 5) is 0. The van der Waals surface area contributed by atoms with E-state index in [1.807, 2.05) is 13.8 Å². The quantitative estimate of drug-likeness (QED) is 0.129. The first-order chi connectivity index (χ1) is 13.3. The van der Waals surface area contributed by atoms with E-state index in [0.29, 0.717) is 26.8 Å². The van der Waals surface area contributed by atoms with Gasteiger partial charge in [-0.15, -0.1) is 0 Å². The van der Waals surface area contributed by atoms with Gasteiger partial charge in [0, 0.05) is 13.2 Å². The van der Waals surface area contributed by atoms with Gasteiger partial charge in [-0.25, -0.2) is 0 Å². The van der Waals surface area contributed by atoms with Crippen LogP contribution in [0.2, 0.25) is 0 Å². The van der Waals surface area contributed by atoms with Crippen molar-refractivity contribution in [2.45, 2.75) is 105 Å². The predicted molar refractivity (Wildman–Crippen MR) is 119 cm³/mol. The zero-order valence-corrected chi connectivity index (χ0v) is 18.8. The van der Waals surface area contributed by atoms with E-state index in [4.69, 9.17) is 14.2 Å². The van der Waals surface area contributed by atoms with Crippen LogP contribution in [0.25, 0.3) is 0 Å². The van der Waals surface area contributed by atoms with Crippen molar-refractivity contribution in [1.29, 1.82) is 0 Å². The molecule has 0 aliphatic rings. The smallest absolute Gasteiger partial charge is 0.149 e. The normalized spacial score (nSPS) is 11.3. The van der Waals surface area contributed by atoms with Crippen LogP contribution in [-0.4, -0.2) is 26.8 Å². The lowest BCUT2D eigenvalue weighted by atomic mass is 10.1. The Morgan fingerprint density at radius 2 is 0.926 bits per heavy atom. The SMILES string of the molecule is CC/C=C/CCCCCCCC/C=C/CCCC.CCOCOCOCC. The molecular formula is C24H48O3. The van der Waals surface area contributed by atoms with Crippen LogP contribution in [0, 0.1) is 0 Å². The number of allylic oxidation sites excluding steroid dienone is 4. The van der Waals surface area contributed by atoms with Crippen LogP contribution in [0.4, 0.5) is 0 Å². The van der Waals surface area contributed by atoms with Crippen molar-refractivity contribution < 1.29 is 14.2 Å². The van der Waals surface area contributed by atoms with Gasteiger partial charge in [0.2, 0.25) is 0 Å². The van der Waals surface area contributed by atoms with Gasteiger partial charge in [-0.1, -0.05) is 76.7 Å². The molecule has 0 aromatic carbocycles. The molecule has 0 saturated heterocycles. The molecule has 0 spiro atoms. The fourth-order valence-electron chi connectivity index (χ4n) is 2.39. The van der Waals surface area contributed by atoms with E-state index in [1.54, 1.807) is 0 Å². The van der Waals surface area contributed by atoms with Crippen molar-refractivity contribution in [2.24, 2.45) is 0 Å². The highest BCUT2D eigenvalue weighted by Gasteiger charge is 1.90. The number of hydrogen-bond donors (Lipinski definition) is 0. The Bertz CT molecular complexity index is 281. The molecule has 27 heavy (non-hydrogen) atoms. The summed E-state index contributed by atoms with van der Waals surface area (Å²) in [5.74, 6) is 0. The molecule has 0 N–H and O–H groups in total. The molecule has 0 saturated carbocycles. The largest absolute Gasteiger partial charge is 0.356 e. The molecule has 0 rings (SSSR count). The van der Waals surface area contributed by atoms with Gasteiger partial charge >= 0.3 is 0 Å². The average Bonchev–Trinajstić information content (AvgIpc) is 2.69. The molecule has 0 radical (unpaired) electrons. The Morgan fingerprint density at radius 3 is 1.37 bits per heavy atom. The molecule has 3 nitrogen and oxygen atoms in total. The first-order valence-corrected chi connectivity index (χ1v) is 11.4. The van der Waals surface area contributed by atoms with E-state index in [2.05, 4.69) is 38.2 Å². The lowest BCUT2D eigenvalue weighted by Crippen LogP contribution is -2.03. The number of hydrogen-bond acceptors (Lipinski definition) is 3. The standard InChI is InChI=1S/C18H34.C6H14O3/c1-3-5-7-9-11-13-15-17-18-16-14-12-10-8-6-4-2;1-3-7-5-9-6-8-4-2/h5,7,10,12H,3-4,6,8-9,11,13-18H2,1-2H3;3-6H2,1-2H3/b7-5+,12-10+;. The maximum atomic E-state index is 4.88. The van der Waals surface area contributed by atoms with Crippen LogP contribution < -0.4 is 0 Å². The summed E-state index contributed by atoms with van der Waals surface area (Å²) >= 11 is 0. The maximum Gasteiger partial charge on any atom is 0.149 e. The van der Waals surface area contributed by atoms with Crippen LogP contribution in [0.5, 0.6) is 0 Å². The Morgan fingerprint density at radius 1 is 0.481 bits per heavy atom. The second kappa shape index (κ2) is 30.1. The zero-order chi connectivity index (χ0) is 20.3. The summed E-state index contributed by atoms with van der Waals surface area (Å²) in [5.41, 5.74) is 0. The lowest BCUT2D eigenvalue weighted by Gasteiger charge is -2.02. The first-order valence-electron chi connectivity index (χ1n) is 11.4. The summed E-state index contributed by atoms with van der Waals surface area (Å²) in [6.45, 7) is 10.3. The highest BCUT2D eigenvalue weighted by atomic mass is 16.7. The van der Waals surface area contributed by atoms with E-state index in [1.165, 1.54) is 77.0 Å². The monoisotopic (exact) mass is 384 g/mol. The van der Waals surface area contributed by atoms with Gasteiger partial charge in [0.25, 0.3) is 0 Å². The molecule has 162 valence electrons. The van der Waals surface area contributed by atoms with Crippen molar-refractivity contribution in [1.82, 2.24) is 0 Å². The summed E-state index contributed by atoms with van der Waals surface area (Å²) < 4.78 is 14.6. The predicted octanol–water partition coefficient (Wildman–Crippen LogP) is 7.81. The van der Waals surface area contributed by atoms with E-state index < -0.39 is 0 Å². The fourth-order valence-corrected chi connectivity index (χ4v) is 2.39. The highest BCUT2D eigenvalue weighted by molar-refractivity contribution is 4.81. The van der Waals surface area contributed by atoms with Gasteiger partial charge in [-0.2, -0.15) is 0 Å². The molecular weight excluding hydrogens is 336 g/mol. The summed E-state index contributed by atoms with van der Waals surface area (Å²) in [6.07, 6.45) is 25.5. The van der Waals surface area contributed by atoms with Gasteiger partial charge in [-0.3, -0.25) is 0 Å². The molecule has 0 unspecified atom stereocenters. The molecule has 3 heteroatoms. The molecule has 0 aromatic heterocycles. The van der Waals surface area contributed by atoms with E-state index >= 15 is 0 Å². The minimum absolute atomic E-state index is 0.330. The third-order valence-electron chi connectivity index (χ3n) is 4.03. The third-order valence-corrected chi connectivity index (χ3v) is 4.03. The van der Waals surface area contributed by atoms with Crippen molar-refractivity contribution in [2.75, 3.05) is 26.8 Å². The van der Waals surface area contributed by atoms with Crippen LogP contribution in [0.3, 0.4) is 0 Å². The Labute approximate surface area is 170 Å². The lowest BCUT2D eigenvalue weighted by molar-refractivity contribution is -0.126. The topological polar surface area (TPSA) is 27.7 Å². The Hall–Kier alpha value is -0.640. The van der Waals surface area contributed by atoms with Crippen molar-refractivity contribution in [3.05, 3.63) is 24.3 Å². The van der Waals surface area contributed by atoms with Gasteiger partial charge < -0.3 is 14.2 Å². The zero-order valence-electron chi connectivity index (χ0n) is 18.8. The summed E-state index contributed by atoms with van der Waals surface area (Å²) in [5, 5.41) is 0. The minimum atomic E-state index is 0.330. The highest BCUT2D eigenvalue weighted by Crippen LogP contribution is 2.09. The van der Waals surface area contributed by atoms with Crippen molar-refractivity contribution in [3.63, 3.8) is 0 Å². The van der Waals surface area contributed by atoms with Gasteiger partial charge in [-0.05, 0) is 52.4 Å². The molecule has 0 aliphatic carbocycles. The molecule has 0 atom stereocenters. The number of ether oxygens (including phenoxy) is 3. The second-order valence-electron chi connectivity index (χ2n) is 6.62. The summed E-state index contributed by atoms with van der Waals surface area (Å²) in [7, 11) is 0. The molecule has 0 aliphatic heterocycles. The Kier molecular flexibility index (Phi) is 31.8. The fraction of sp³-hybridized carbons (Fsp3) is 0.833. The van der Waals surface area contributed by atoms with Gasteiger partial charge in [0.05, 0.1) is 0 Å². The van der Waals surface area contributed by atoms with Crippen LogP contribution in [-0.2, 0) is 14.2 Å². The maximum absolute atomic E-state index is 4.88. The van der Waals surface area contributed by atoms with Gasteiger partial charge in [0.1, 0.15) is 13.6 Å². The van der Waals surface area contributed by atoms with E-state index in [-0.39, 0.29) is 0 Å². The third kappa shape index (κ3) is 33.4. The van der Waals surface area contributed by atoms with E-state index in [0.717, 1.165) is 0 Å². The molecule has 0 fully saturated rings. The molecule has 0 heterocycles. The first kappa shape index (κ1) is 28.6.